The zero-order valence-corrected chi connectivity index (χ0v) is 9.85. The molecule has 90 valence electrons. The predicted molar refractivity (Wildman–Crippen MR) is 61.1 cm³/mol. The van der Waals surface area contributed by atoms with Crippen LogP contribution >= 0.6 is 0 Å². The van der Waals surface area contributed by atoms with Gasteiger partial charge in [0, 0.05) is 37.7 Å². The van der Waals surface area contributed by atoms with Crippen molar-refractivity contribution < 1.29 is 9.47 Å². The third-order valence-electron chi connectivity index (χ3n) is 2.31. The first-order valence-electron chi connectivity index (χ1n) is 5.37. The molecule has 5 nitrogen and oxygen atoms in total. The van der Waals surface area contributed by atoms with Crippen LogP contribution in [0.5, 0.6) is 0 Å². The van der Waals surface area contributed by atoms with Gasteiger partial charge in [0.1, 0.15) is 6.33 Å². The van der Waals surface area contributed by atoms with E-state index in [1.165, 1.54) is 6.33 Å². The van der Waals surface area contributed by atoms with E-state index in [0.717, 1.165) is 12.0 Å². The van der Waals surface area contributed by atoms with E-state index in [9.17, 15) is 0 Å². The maximum atomic E-state index is 5.42. The van der Waals surface area contributed by atoms with Crippen molar-refractivity contribution in [3.63, 3.8) is 0 Å². The Hall–Kier alpha value is -1.04. The Morgan fingerprint density at radius 1 is 1.25 bits per heavy atom. The molecule has 1 N–H and O–H groups in total. The topological polar surface area (TPSA) is 56.3 Å². The van der Waals surface area contributed by atoms with Gasteiger partial charge in [-0.15, -0.1) is 0 Å². The zero-order chi connectivity index (χ0) is 11.6. The van der Waals surface area contributed by atoms with Gasteiger partial charge in [0.25, 0.3) is 0 Å². The molecule has 5 heteroatoms. The third kappa shape index (κ3) is 4.65. The van der Waals surface area contributed by atoms with Crippen LogP contribution in [-0.2, 0) is 9.47 Å². The second-order valence-electron chi connectivity index (χ2n) is 3.41. The van der Waals surface area contributed by atoms with Crippen molar-refractivity contribution in [2.75, 3.05) is 34.0 Å². The fourth-order valence-electron chi connectivity index (χ4n) is 1.41. The van der Waals surface area contributed by atoms with Crippen LogP contribution in [0.4, 0.5) is 0 Å². The summed E-state index contributed by atoms with van der Waals surface area (Å²) in [6.07, 6.45) is 6.07. The van der Waals surface area contributed by atoms with Gasteiger partial charge in [-0.3, -0.25) is 0 Å². The summed E-state index contributed by atoms with van der Waals surface area (Å²) >= 11 is 0. The van der Waals surface area contributed by atoms with E-state index in [1.54, 1.807) is 7.11 Å². The molecule has 0 saturated heterocycles. The van der Waals surface area contributed by atoms with Crippen LogP contribution in [0.25, 0.3) is 0 Å². The molecule has 0 fully saturated rings. The van der Waals surface area contributed by atoms with E-state index in [1.807, 2.05) is 19.4 Å². The Labute approximate surface area is 96.2 Å². The molecule has 1 aromatic rings. The molecule has 0 saturated carbocycles. The average Bonchev–Trinajstić information content (AvgIpc) is 2.35. The average molecular weight is 225 g/mol. The number of aromatic nitrogens is 2. The van der Waals surface area contributed by atoms with Crippen LogP contribution in [0.1, 0.15) is 18.0 Å². The Morgan fingerprint density at radius 2 is 2.00 bits per heavy atom. The summed E-state index contributed by atoms with van der Waals surface area (Å²) in [5.41, 5.74) is 1.08. The maximum Gasteiger partial charge on any atom is 0.115 e. The summed E-state index contributed by atoms with van der Waals surface area (Å²) in [6, 6.07) is 0.240. The number of hydrogen-bond donors (Lipinski definition) is 1. The molecule has 0 spiro atoms. The van der Waals surface area contributed by atoms with Gasteiger partial charge in [-0.1, -0.05) is 0 Å². The van der Waals surface area contributed by atoms with E-state index < -0.39 is 0 Å². The summed E-state index contributed by atoms with van der Waals surface area (Å²) < 4.78 is 10.3. The van der Waals surface area contributed by atoms with E-state index in [0.29, 0.717) is 19.8 Å². The van der Waals surface area contributed by atoms with Crippen molar-refractivity contribution in [2.24, 2.45) is 0 Å². The fourth-order valence-corrected chi connectivity index (χ4v) is 1.41. The summed E-state index contributed by atoms with van der Waals surface area (Å²) in [6.45, 7) is 1.97. The van der Waals surface area contributed by atoms with E-state index in [2.05, 4.69) is 15.3 Å². The largest absolute Gasteiger partial charge is 0.382 e. The van der Waals surface area contributed by atoms with Crippen LogP contribution in [0, 0.1) is 0 Å². The lowest BCUT2D eigenvalue weighted by atomic mass is 10.1. The molecule has 1 atom stereocenters. The van der Waals surface area contributed by atoms with E-state index in [-0.39, 0.29) is 6.04 Å². The van der Waals surface area contributed by atoms with Crippen LogP contribution in [0.15, 0.2) is 18.7 Å². The van der Waals surface area contributed by atoms with Gasteiger partial charge >= 0.3 is 0 Å². The molecule has 16 heavy (non-hydrogen) atoms. The fraction of sp³-hybridized carbons (Fsp3) is 0.636. The monoisotopic (exact) mass is 225 g/mol. The molecular formula is C11H19N3O2. The molecule has 1 heterocycles. The van der Waals surface area contributed by atoms with Crippen LogP contribution in [0.3, 0.4) is 0 Å². The minimum absolute atomic E-state index is 0.240. The number of nitrogens with zero attached hydrogens (tertiary/aromatic N) is 2. The van der Waals surface area contributed by atoms with Crippen molar-refractivity contribution in [3.05, 3.63) is 24.3 Å². The van der Waals surface area contributed by atoms with Gasteiger partial charge in [0.2, 0.25) is 0 Å². The highest BCUT2D eigenvalue weighted by Crippen LogP contribution is 2.13. The van der Waals surface area contributed by atoms with E-state index >= 15 is 0 Å². The number of nitrogens with one attached hydrogen (secondary N) is 1. The summed E-state index contributed by atoms with van der Waals surface area (Å²) in [7, 11) is 3.59. The molecule has 0 bridgehead atoms. The number of rotatable bonds is 8. The van der Waals surface area contributed by atoms with Gasteiger partial charge in [0.05, 0.1) is 13.2 Å². The Balaban J connectivity index is 2.27. The Bertz CT molecular complexity index is 269. The van der Waals surface area contributed by atoms with Crippen molar-refractivity contribution in [3.8, 4) is 0 Å². The summed E-state index contributed by atoms with van der Waals surface area (Å²) in [4.78, 5) is 8.00. The first-order valence-corrected chi connectivity index (χ1v) is 5.37. The molecular weight excluding hydrogens is 206 g/mol. The molecule has 1 unspecified atom stereocenters. The zero-order valence-electron chi connectivity index (χ0n) is 9.85. The van der Waals surface area contributed by atoms with Crippen molar-refractivity contribution in [2.45, 2.75) is 12.5 Å². The molecule has 0 aliphatic heterocycles. The second kappa shape index (κ2) is 8.15. The molecule has 0 aromatic carbocycles. The Kier molecular flexibility index (Phi) is 6.64. The first-order chi connectivity index (χ1) is 7.88. The minimum Gasteiger partial charge on any atom is -0.382 e. The van der Waals surface area contributed by atoms with Gasteiger partial charge < -0.3 is 14.8 Å². The van der Waals surface area contributed by atoms with Crippen LogP contribution < -0.4 is 5.32 Å². The molecule has 0 amide bonds. The Morgan fingerprint density at radius 3 is 2.62 bits per heavy atom. The summed E-state index contributed by atoms with van der Waals surface area (Å²) in [5, 5.41) is 3.22. The van der Waals surface area contributed by atoms with Crippen LogP contribution in [-0.4, -0.2) is 43.9 Å². The van der Waals surface area contributed by atoms with Crippen LogP contribution in [0.2, 0.25) is 0 Å². The highest BCUT2D eigenvalue weighted by Gasteiger charge is 2.08. The first kappa shape index (κ1) is 13.0. The molecule has 0 aliphatic carbocycles. The number of methoxy groups -OCH3 is 1. The van der Waals surface area contributed by atoms with Gasteiger partial charge in [-0.05, 0) is 13.5 Å². The van der Waals surface area contributed by atoms with Gasteiger partial charge in [0.15, 0.2) is 0 Å². The SMILES string of the molecule is CNC(CCOCCOC)c1cncnc1. The minimum atomic E-state index is 0.240. The lowest BCUT2D eigenvalue weighted by Gasteiger charge is -2.15. The normalized spacial score (nSPS) is 12.6. The third-order valence-corrected chi connectivity index (χ3v) is 2.31. The standard InChI is InChI=1S/C11H19N3O2/c1-12-11(3-4-16-6-5-15-2)10-7-13-9-14-8-10/h7-9,11-12H,3-6H2,1-2H3. The quantitative estimate of drug-likeness (QED) is 0.663. The van der Waals surface area contributed by atoms with Crippen molar-refractivity contribution in [1.29, 1.82) is 0 Å². The van der Waals surface area contributed by atoms with Gasteiger partial charge in [-0.2, -0.15) is 0 Å². The smallest absolute Gasteiger partial charge is 0.115 e. The molecule has 1 aromatic heterocycles. The maximum absolute atomic E-state index is 5.42. The molecule has 1 rings (SSSR count). The van der Waals surface area contributed by atoms with Crippen molar-refractivity contribution >= 4 is 0 Å². The molecule has 0 radical (unpaired) electrons. The van der Waals surface area contributed by atoms with Crippen molar-refractivity contribution in [1.82, 2.24) is 15.3 Å². The predicted octanol–water partition coefficient (Wildman–Crippen LogP) is 0.790. The number of ether oxygens (including phenoxy) is 2. The number of hydrogen-bond acceptors (Lipinski definition) is 5. The van der Waals surface area contributed by atoms with E-state index in [4.69, 9.17) is 9.47 Å². The lowest BCUT2D eigenvalue weighted by Crippen LogP contribution is -2.19. The van der Waals surface area contributed by atoms with Gasteiger partial charge in [-0.25, -0.2) is 9.97 Å². The summed E-state index contributed by atoms with van der Waals surface area (Å²) in [5.74, 6) is 0. The highest BCUT2D eigenvalue weighted by atomic mass is 16.5. The molecule has 0 aliphatic rings. The lowest BCUT2D eigenvalue weighted by molar-refractivity contribution is 0.0660. The highest BCUT2D eigenvalue weighted by molar-refractivity contribution is 5.08. The second-order valence-corrected chi connectivity index (χ2v) is 3.41.